The topological polar surface area (TPSA) is 187 Å². The largest absolute Gasteiger partial charge is 0.454 e. The number of nitrogens with zero attached hydrogens (tertiary/aromatic N) is 3. The van der Waals surface area contributed by atoms with Crippen LogP contribution >= 0.6 is 0 Å². The molecular formula is C19H14N8O4. The zero-order chi connectivity index (χ0) is 21.3. The summed E-state index contributed by atoms with van der Waals surface area (Å²) in [6, 6.07) is 5.35. The van der Waals surface area contributed by atoms with E-state index >= 15 is 0 Å². The number of aromatic amines is 2. The van der Waals surface area contributed by atoms with Crippen LogP contribution in [0.2, 0.25) is 0 Å². The Morgan fingerprint density at radius 3 is 2.71 bits per heavy atom. The van der Waals surface area contributed by atoms with Gasteiger partial charge in [0.1, 0.15) is 29.6 Å². The van der Waals surface area contributed by atoms with Gasteiger partial charge in [-0.05, 0) is 17.7 Å². The van der Waals surface area contributed by atoms with Gasteiger partial charge in [0.25, 0.3) is 5.56 Å². The molecule has 0 spiro atoms. The van der Waals surface area contributed by atoms with Gasteiger partial charge >= 0.3 is 5.69 Å². The van der Waals surface area contributed by atoms with Crippen molar-refractivity contribution in [2.75, 3.05) is 23.6 Å². The molecule has 7 N–H and O–H groups in total. The highest BCUT2D eigenvalue weighted by Gasteiger charge is 2.35. The van der Waals surface area contributed by atoms with Gasteiger partial charge in [0.05, 0.1) is 16.5 Å². The van der Waals surface area contributed by atoms with E-state index < -0.39 is 17.2 Å². The smallest absolute Gasteiger partial charge is 0.327 e. The van der Waals surface area contributed by atoms with E-state index in [-0.39, 0.29) is 29.8 Å². The molecule has 2 aliphatic rings. The second kappa shape index (κ2) is 5.95. The van der Waals surface area contributed by atoms with Crippen LogP contribution in [0.1, 0.15) is 22.6 Å². The zero-order valence-corrected chi connectivity index (χ0v) is 15.7. The Balaban J connectivity index is 1.73. The lowest BCUT2D eigenvalue weighted by Gasteiger charge is -2.28. The lowest BCUT2D eigenvalue weighted by atomic mass is 9.82. The molecule has 0 saturated heterocycles. The number of rotatable bonds is 1. The quantitative estimate of drug-likeness (QED) is 0.257. The van der Waals surface area contributed by atoms with Crippen LogP contribution in [-0.2, 0) is 0 Å². The highest BCUT2D eigenvalue weighted by atomic mass is 16.7. The van der Waals surface area contributed by atoms with Gasteiger partial charge in [-0.2, -0.15) is 0 Å². The lowest BCUT2D eigenvalue weighted by molar-refractivity contribution is 0.174. The maximum Gasteiger partial charge on any atom is 0.327 e. The molecule has 4 aromatic rings. The molecule has 5 heterocycles. The first-order valence-corrected chi connectivity index (χ1v) is 9.24. The van der Waals surface area contributed by atoms with Crippen LogP contribution in [0.25, 0.3) is 10.9 Å². The fraction of sp³-hybridized carbons (Fsp3) is 0.105. The normalized spacial score (nSPS) is 15.9. The highest BCUT2D eigenvalue weighted by Crippen LogP contribution is 2.47. The second-order valence-corrected chi connectivity index (χ2v) is 7.11. The molecule has 6 rings (SSSR count). The summed E-state index contributed by atoms with van der Waals surface area (Å²) < 4.78 is 10.9. The van der Waals surface area contributed by atoms with E-state index in [1.54, 1.807) is 12.1 Å². The molecule has 154 valence electrons. The third-order valence-corrected chi connectivity index (χ3v) is 5.41. The Hall–Kier alpha value is -4.61. The van der Waals surface area contributed by atoms with Crippen LogP contribution in [-0.4, -0.2) is 31.7 Å². The van der Waals surface area contributed by atoms with Crippen LogP contribution in [0.4, 0.5) is 23.3 Å². The number of pyridine rings is 1. The van der Waals surface area contributed by atoms with Gasteiger partial charge in [0.2, 0.25) is 6.79 Å². The van der Waals surface area contributed by atoms with Crippen molar-refractivity contribution >= 4 is 34.2 Å². The lowest BCUT2D eigenvalue weighted by Crippen LogP contribution is -2.32. The van der Waals surface area contributed by atoms with Crippen LogP contribution in [0.3, 0.4) is 0 Å². The summed E-state index contributed by atoms with van der Waals surface area (Å²) in [6.07, 6.45) is 1.32. The third kappa shape index (κ3) is 2.38. The number of hydrogen-bond donors (Lipinski definition) is 5. The predicted molar refractivity (Wildman–Crippen MR) is 111 cm³/mol. The number of nitrogens with two attached hydrogens (primary N) is 2. The Morgan fingerprint density at radius 1 is 1.00 bits per heavy atom. The maximum absolute atomic E-state index is 12.9. The van der Waals surface area contributed by atoms with Crippen molar-refractivity contribution in [3.8, 4) is 11.5 Å². The van der Waals surface area contributed by atoms with Gasteiger partial charge in [0, 0.05) is 11.5 Å². The molecule has 1 unspecified atom stereocenters. The van der Waals surface area contributed by atoms with E-state index in [0.717, 1.165) is 0 Å². The first-order valence-electron chi connectivity index (χ1n) is 9.24. The Labute approximate surface area is 172 Å². The van der Waals surface area contributed by atoms with Gasteiger partial charge in [-0.3, -0.25) is 14.8 Å². The summed E-state index contributed by atoms with van der Waals surface area (Å²) in [7, 11) is 0. The number of anilines is 4. The summed E-state index contributed by atoms with van der Waals surface area (Å²) >= 11 is 0. The minimum Gasteiger partial charge on any atom is -0.454 e. The van der Waals surface area contributed by atoms with Crippen molar-refractivity contribution < 1.29 is 9.47 Å². The van der Waals surface area contributed by atoms with Crippen molar-refractivity contribution in [3.63, 3.8) is 0 Å². The number of H-pyrrole nitrogens is 2. The molecule has 3 aromatic heterocycles. The van der Waals surface area contributed by atoms with E-state index in [9.17, 15) is 9.59 Å². The molecule has 0 saturated carbocycles. The molecule has 0 amide bonds. The SMILES string of the molecule is Nc1ncnc2c3c(nc(N)c12)Nc1[nH]c(=O)[nH]c(=O)c1C3c1ccc2c(c1)OCO2. The van der Waals surface area contributed by atoms with E-state index in [1.165, 1.54) is 6.33 Å². The van der Waals surface area contributed by atoms with E-state index in [1.807, 2.05) is 6.07 Å². The maximum atomic E-state index is 12.9. The fourth-order valence-corrected chi connectivity index (χ4v) is 4.13. The fourth-order valence-electron chi connectivity index (χ4n) is 4.13. The summed E-state index contributed by atoms with van der Waals surface area (Å²) in [6.45, 7) is 0.108. The first-order chi connectivity index (χ1) is 15.0. The van der Waals surface area contributed by atoms with Crippen molar-refractivity contribution in [1.29, 1.82) is 0 Å². The number of aromatic nitrogens is 5. The van der Waals surface area contributed by atoms with Gasteiger partial charge in [-0.1, -0.05) is 6.07 Å². The van der Waals surface area contributed by atoms with Crippen LogP contribution in [0, 0.1) is 0 Å². The van der Waals surface area contributed by atoms with Gasteiger partial charge in [-0.15, -0.1) is 0 Å². The summed E-state index contributed by atoms with van der Waals surface area (Å²) in [5.41, 5.74) is 13.0. The first kappa shape index (κ1) is 17.3. The summed E-state index contributed by atoms with van der Waals surface area (Å²) in [4.78, 5) is 42.6. The van der Waals surface area contributed by atoms with E-state index in [0.29, 0.717) is 39.3 Å². The molecule has 1 atom stereocenters. The van der Waals surface area contributed by atoms with E-state index in [2.05, 4.69) is 30.2 Å². The number of nitrogens with one attached hydrogen (secondary N) is 3. The second-order valence-electron chi connectivity index (χ2n) is 7.11. The Morgan fingerprint density at radius 2 is 1.84 bits per heavy atom. The van der Waals surface area contributed by atoms with Crippen molar-refractivity contribution in [3.05, 3.63) is 62.1 Å². The van der Waals surface area contributed by atoms with Crippen molar-refractivity contribution in [1.82, 2.24) is 24.9 Å². The average molecular weight is 418 g/mol. The molecular weight excluding hydrogens is 404 g/mol. The number of fused-ring (bicyclic) bond motifs is 5. The van der Waals surface area contributed by atoms with Crippen molar-refractivity contribution in [2.24, 2.45) is 0 Å². The molecule has 0 fully saturated rings. The van der Waals surface area contributed by atoms with Crippen LogP contribution < -0.4 is 37.5 Å². The number of ether oxygens (including phenoxy) is 2. The van der Waals surface area contributed by atoms with Crippen LogP contribution in [0.5, 0.6) is 11.5 Å². The molecule has 0 aliphatic carbocycles. The average Bonchev–Trinajstić information content (AvgIpc) is 3.20. The van der Waals surface area contributed by atoms with Gasteiger partial charge in [0.15, 0.2) is 11.5 Å². The molecule has 31 heavy (non-hydrogen) atoms. The van der Waals surface area contributed by atoms with Gasteiger partial charge < -0.3 is 26.3 Å². The molecule has 12 nitrogen and oxygen atoms in total. The van der Waals surface area contributed by atoms with Gasteiger partial charge in [-0.25, -0.2) is 19.7 Å². The summed E-state index contributed by atoms with van der Waals surface area (Å²) in [5.74, 6) is 1.34. The monoisotopic (exact) mass is 418 g/mol. The minimum atomic E-state index is -0.661. The number of hydrogen-bond acceptors (Lipinski definition) is 10. The standard InChI is InChI=1S/C19H14N8O4/c20-14-12-13(22-4-23-14)10-9(6-1-2-7-8(3-6)31-5-30-7)11-17(25-16(10)24-15(12)21)26-19(29)27-18(11)28/h1-4,9H,5H2,(H2,20,22,23)(H5,21,24,25,26,27,28,29). The summed E-state index contributed by atoms with van der Waals surface area (Å²) in [5, 5.41) is 3.39. The van der Waals surface area contributed by atoms with Crippen LogP contribution in [0.15, 0.2) is 34.1 Å². The zero-order valence-electron chi connectivity index (χ0n) is 15.7. The minimum absolute atomic E-state index is 0.108. The number of benzene rings is 1. The molecule has 0 bridgehead atoms. The molecule has 0 radical (unpaired) electrons. The number of nitrogen functional groups attached to an aromatic ring is 2. The highest BCUT2D eigenvalue weighted by molar-refractivity contribution is 6.01. The van der Waals surface area contributed by atoms with E-state index in [4.69, 9.17) is 20.9 Å². The third-order valence-electron chi connectivity index (χ3n) is 5.41. The predicted octanol–water partition coefficient (Wildman–Crippen LogP) is 0.532. The van der Waals surface area contributed by atoms with Crippen molar-refractivity contribution in [2.45, 2.75) is 5.92 Å². The molecule has 1 aromatic carbocycles. The Bertz CT molecular complexity index is 1530. The Kier molecular flexibility index (Phi) is 3.31. The molecule has 12 heteroatoms. The molecule has 2 aliphatic heterocycles.